The molecule has 1 saturated heterocycles. The van der Waals surface area contributed by atoms with Crippen molar-refractivity contribution in [2.24, 2.45) is 0 Å². The van der Waals surface area contributed by atoms with Gasteiger partial charge in [0.2, 0.25) is 0 Å². The predicted molar refractivity (Wildman–Crippen MR) is 75.7 cm³/mol. The summed E-state index contributed by atoms with van der Waals surface area (Å²) in [6, 6.07) is 6.77. The monoisotopic (exact) mass is 238 g/mol. The molecule has 0 spiro atoms. The number of terminal acetylenes is 1. The smallest absolute Gasteiger partial charge is 0.0457 e. The first kappa shape index (κ1) is 11.4. The van der Waals surface area contributed by atoms with Crippen LogP contribution < -0.4 is 5.32 Å². The van der Waals surface area contributed by atoms with Crippen molar-refractivity contribution in [2.75, 3.05) is 6.54 Å². The Labute approximate surface area is 108 Å². The van der Waals surface area contributed by atoms with Gasteiger partial charge < -0.3 is 10.3 Å². The lowest BCUT2D eigenvalue weighted by Gasteiger charge is -2.19. The lowest BCUT2D eigenvalue weighted by molar-refractivity contribution is 0.520. The van der Waals surface area contributed by atoms with Crippen molar-refractivity contribution in [3.63, 3.8) is 0 Å². The Bertz CT molecular complexity index is 597. The number of fused-ring (bicyclic) bond motifs is 1. The highest BCUT2D eigenvalue weighted by molar-refractivity contribution is 5.85. The molecule has 0 aliphatic carbocycles. The van der Waals surface area contributed by atoms with Crippen LogP contribution in [-0.2, 0) is 0 Å². The zero-order valence-electron chi connectivity index (χ0n) is 10.7. The zero-order chi connectivity index (χ0) is 12.5. The van der Waals surface area contributed by atoms with Gasteiger partial charge in [-0.2, -0.15) is 0 Å². The Morgan fingerprint density at radius 3 is 3.06 bits per heavy atom. The van der Waals surface area contributed by atoms with Crippen LogP contribution in [0.25, 0.3) is 10.9 Å². The van der Waals surface area contributed by atoms with E-state index >= 15 is 0 Å². The second-order valence-electron chi connectivity index (χ2n) is 5.14. The van der Waals surface area contributed by atoms with Crippen molar-refractivity contribution in [1.29, 1.82) is 0 Å². The average molecular weight is 238 g/mol. The van der Waals surface area contributed by atoms with Crippen molar-refractivity contribution in [1.82, 2.24) is 10.3 Å². The molecule has 2 unspecified atom stereocenters. The van der Waals surface area contributed by atoms with Gasteiger partial charge >= 0.3 is 0 Å². The van der Waals surface area contributed by atoms with Gasteiger partial charge in [-0.05, 0) is 49.1 Å². The third-order valence-electron chi connectivity index (χ3n) is 4.07. The molecule has 0 radical (unpaired) electrons. The fourth-order valence-electron chi connectivity index (χ4n) is 2.96. The number of aromatic nitrogens is 1. The molecule has 2 nitrogen and oxygen atoms in total. The average Bonchev–Trinajstić information content (AvgIpc) is 3.06. The van der Waals surface area contributed by atoms with Gasteiger partial charge in [0, 0.05) is 28.7 Å². The minimum atomic E-state index is 0.522. The first-order valence-corrected chi connectivity index (χ1v) is 6.60. The molecule has 3 rings (SSSR count). The van der Waals surface area contributed by atoms with E-state index in [2.05, 4.69) is 41.5 Å². The van der Waals surface area contributed by atoms with Crippen LogP contribution in [0.15, 0.2) is 24.4 Å². The molecule has 92 valence electrons. The molecule has 2 aromatic rings. The highest BCUT2D eigenvalue weighted by Crippen LogP contribution is 2.31. The maximum atomic E-state index is 5.49. The summed E-state index contributed by atoms with van der Waals surface area (Å²) in [4.78, 5) is 3.35. The number of hydrogen-bond donors (Lipinski definition) is 2. The molecule has 1 aromatic heterocycles. The van der Waals surface area contributed by atoms with Crippen LogP contribution in [0.5, 0.6) is 0 Å². The van der Waals surface area contributed by atoms with Gasteiger partial charge in [0.1, 0.15) is 0 Å². The van der Waals surface area contributed by atoms with E-state index in [4.69, 9.17) is 6.42 Å². The molecular weight excluding hydrogens is 220 g/mol. The number of hydrogen-bond acceptors (Lipinski definition) is 1. The zero-order valence-corrected chi connectivity index (χ0v) is 10.7. The summed E-state index contributed by atoms with van der Waals surface area (Å²) in [5, 5.41) is 4.85. The molecule has 0 saturated carbocycles. The molecule has 2 heteroatoms. The van der Waals surface area contributed by atoms with Crippen LogP contribution in [0, 0.1) is 12.3 Å². The molecule has 1 aliphatic rings. The molecule has 1 aromatic carbocycles. The summed E-state index contributed by atoms with van der Waals surface area (Å²) in [6.07, 6.45) is 10.2. The third kappa shape index (κ3) is 1.81. The Hall–Kier alpha value is -1.72. The van der Waals surface area contributed by atoms with Gasteiger partial charge in [0.25, 0.3) is 0 Å². The van der Waals surface area contributed by atoms with E-state index in [0.717, 1.165) is 12.1 Å². The summed E-state index contributed by atoms with van der Waals surface area (Å²) in [5.41, 5.74) is 3.50. The highest BCUT2D eigenvalue weighted by atomic mass is 14.9. The first-order valence-electron chi connectivity index (χ1n) is 6.60. The molecule has 2 heterocycles. The van der Waals surface area contributed by atoms with E-state index in [-0.39, 0.29) is 0 Å². The quantitative estimate of drug-likeness (QED) is 0.773. The Kier molecular flexibility index (Phi) is 2.85. The van der Waals surface area contributed by atoms with Gasteiger partial charge in [-0.3, -0.25) is 0 Å². The lowest BCUT2D eigenvalue weighted by atomic mass is 9.91. The minimum Gasteiger partial charge on any atom is -0.361 e. The maximum absolute atomic E-state index is 5.49. The Morgan fingerprint density at radius 2 is 2.33 bits per heavy atom. The van der Waals surface area contributed by atoms with E-state index in [9.17, 15) is 0 Å². The van der Waals surface area contributed by atoms with E-state index in [1.54, 1.807) is 0 Å². The summed E-state index contributed by atoms with van der Waals surface area (Å²) < 4.78 is 0. The molecule has 0 amide bonds. The molecule has 18 heavy (non-hydrogen) atoms. The molecule has 1 fully saturated rings. The van der Waals surface area contributed by atoms with Crippen LogP contribution in [0.3, 0.4) is 0 Å². The van der Waals surface area contributed by atoms with Gasteiger partial charge in [-0.1, -0.05) is 12.8 Å². The fraction of sp³-hybridized carbons (Fsp3) is 0.375. The summed E-state index contributed by atoms with van der Waals surface area (Å²) in [7, 11) is 0. The normalized spacial score (nSPS) is 21.0. The first-order chi connectivity index (χ1) is 8.79. The largest absolute Gasteiger partial charge is 0.361 e. The fourth-order valence-corrected chi connectivity index (χ4v) is 2.96. The third-order valence-corrected chi connectivity index (χ3v) is 4.07. The number of rotatable bonds is 2. The molecule has 2 atom stereocenters. The van der Waals surface area contributed by atoms with Crippen molar-refractivity contribution >= 4 is 10.9 Å². The molecular formula is C16H18N2. The Morgan fingerprint density at radius 1 is 1.44 bits per heavy atom. The van der Waals surface area contributed by atoms with Crippen molar-refractivity contribution in [2.45, 2.75) is 31.7 Å². The van der Waals surface area contributed by atoms with Crippen LogP contribution in [0.4, 0.5) is 0 Å². The number of benzene rings is 1. The predicted octanol–water partition coefficient (Wildman–Crippen LogP) is 3.00. The second-order valence-corrected chi connectivity index (χ2v) is 5.14. The Balaban J connectivity index is 2.03. The topological polar surface area (TPSA) is 27.8 Å². The van der Waals surface area contributed by atoms with Gasteiger partial charge in [-0.25, -0.2) is 0 Å². The standard InChI is InChI=1S/C16H18N2/c1-3-12-6-7-16-13(9-12)14(10-18-16)11(2)15-5-4-8-17-15/h1,6-7,9-11,15,17-18H,4-5,8H2,2H3. The summed E-state index contributed by atoms with van der Waals surface area (Å²) in [5.74, 6) is 3.24. The SMILES string of the molecule is C#Cc1ccc2[nH]cc(C(C)C3CCCN3)c2c1. The summed E-state index contributed by atoms with van der Waals surface area (Å²) >= 11 is 0. The van der Waals surface area contributed by atoms with Crippen LogP contribution in [0.2, 0.25) is 0 Å². The van der Waals surface area contributed by atoms with Gasteiger partial charge in [0.05, 0.1) is 0 Å². The second kappa shape index (κ2) is 4.51. The number of nitrogens with one attached hydrogen (secondary N) is 2. The lowest BCUT2D eigenvalue weighted by Crippen LogP contribution is -2.27. The van der Waals surface area contributed by atoms with E-state index in [0.29, 0.717) is 12.0 Å². The van der Waals surface area contributed by atoms with E-state index in [1.807, 2.05) is 6.07 Å². The number of H-pyrrole nitrogens is 1. The van der Waals surface area contributed by atoms with Crippen LogP contribution in [0.1, 0.15) is 36.8 Å². The van der Waals surface area contributed by atoms with Crippen molar-refractivity contribution in [3.05, 3.63) is 35.5 Å². The van der Waals surface area contributed by atoms with Crippen LogP contribution in [-0.4, -0.2) is 17.6 Å². The molecule has 1 aliphatic heterocycles. The molecule has 2 N–H and O–H groups in total. The van der Waals surface area contributed by atoms with E-state index in [1.165, 1.54) is 29.3 Å². The van der Waals surface area contributed by atoms with Crippen LogP contribution >= 0.6 is 0 Å². The van der Waals surface area contributed by atoms with Crippen molar-refractivity contribution < 1.29 is 0 Å². The van der Waals surface area contributed by atoms with Gasteiger partial charge in [0.15, 0.2) is 0 Å². The minimum absolute atomic E-state index is 0.522. The number of aromatic amines is 1. The highest BCUT2D eigenvalue weighted by Gasteiger charge is 2.24. The van der Waals surface area contributed by atoms with Crippen molar-refractivity contribution in [3.8, 4) is 12.3 Å². The van der Waals surface area contributed by atoms with Gasteiger partial charge in [-0.15, -0.1) is 6.42 Å². The summed E-state index contributed by atoms with van der Waals surface area (Å²) in [6.45, 7) is 3.45. The maximum Gasteiger partial charge on any atom is 0.0457 e. The molecule has 0 bridgehead atoms. The van der Waals surface area contributed by atoms with E-state index < -0.39 is 0 Å².